The van der Waals surface area contributed by atoms with Crippen molar-refractivity contribution in [2.24, 2.45) is 0 Å². The van der Waals surface area contributed by atoms with Crippen LogP contribution in [-0.2, 0) is 17.7 Å². The van der Waals surface area contributed by atoms with Gasteiger partial charge in [0.15, 0.2) is 0 Å². The summed E-state index contributed by atoms with van der Waals surface area (Å²) in [5.74, 6) is -0.537. The molecule has 1 heterocycles. The quantitative estimate of drug-likeness (QED) is 0.443. The number of nitro benzene ring substituents is 1. The van der Waals surface area contributed by atoms with Gasteiger partial charge >= 0.3 is 5.97 Å². The molecule has 0 aliphatic rings. The summed E-state index contributed by atoms with van der Waals surface area (Å²) < 4.78 is 6.19. The molecule has 0 bridgehead atoms. The number of rotatable bonds is 6. The minimum atomic E-state index is -0.578. The topological polar surface area (TPSA) is 113 Å². The van der Waals surface area contributed by atoms with Crippen LogP contribution in [0.1, 0.15) is 23.1 Å². The number of benzene rings is 1. The van der Waals surface area contributed by atoms with Gasteiger partial charge in [-0.05, 0) is 29.3 Å². The number of nitrogens with zero attached hydrogens (tertiary/aromatic N) is 5. The summed E-state index contributed by atoms with van der Waals surface area (Å²) >= 11 is 0. The van der Waals surface area contributed by atoms with E-state index >= 15 is 0 Å². The van der Waals surface area contributed by atoms with Crippen LogP contribution in [0.25, 0.3) is 0 Å². The number of aromatic nitrogens is 4. The van der Waals surface area contributed by atoms with Gasteiger partial charge in [-0.15, -0.1) is 5.10 Å². The number of carbonyl (C=O) groups excluding carboxylic acids is 1. The first-order valence-electron chi connectivity index (χ1n) is 6.28. The van der Waals surface area contributed by atoms with Gasteiger partial charge in [-0.3, -0.25) is 10.1 Å². The number of carbonyl (C=O) groups is 1. The Bertz CT molecular complexity index is 637. The number of non-ortho nitro benzene ring substituents is 1. The molecular formula is C12H13N5O4. The minimum absolute atomic E-state index is 0.0355. The van der Waals surface area contributed by atoms with E-state index < -0.39 is 10.9 Å². The number of hydrogen-bond donors (Lipinski definition) is 0. The summed E-state index contributed by atoms with van der Waals surface area (Å²) in [4.78, 5) is 21.7. The number of ether oxygens (including phenoxy) is 1. The van der Waals surface area contributed by atoms with Crippen molar-refractivity contribution in [2.75, 3.05) is 6.61 Å². The van der Waals surface area contributed by atoms with Crippen LogP contribution in [0.3, 0.4) is 0 Å². The van der Waals surface area contributed by atoms with Crippen LogP contribution in [0, 0.1) is 10.1 Å². The van der Waals surface area contributed by atoms with E-state index in [-0.39, 0.29) is 18.1 Å². The van der Waals surface area contributed by atoms with Gasteiger partial charge in [-0.2, -0.15) is 0 Å². The molecule has 1 aromatic carbocycles. The first kappa shape index (κ1) is 14.6. The summed E-state index contributed by atoms with van der Waals surface area (Å²) in [7, 11) is 0. The normalized spacial score (nSPS) is 10.3. The first-order chi connectivity index (χ1) is 10.1. The number of hydrogen-bond acceptors (Lipinski definition) is 7. The smallest absolute Gasteiger partial charge is 0.378 e. The summed E-state index contributed by atoms with van der Waals surface area (Å²) in [6.07, 6.45) is 0.537. The predicted octanol–water partition coefficient (Wildman–Crippen LogP) is 1.00. The third-order valence-electron chi connectivity index (χ3n) is 2.75. The number of esters is 1. The molecule has 21 heavy (non-hydrogen) atoms. The van der Waals surface area contributed by atoms with Gasteiger partial charge in [0.1, 0.15) is 0 Å². The van der Waals surface area contributed by atoms with Crippen LogP contribution in [0.15, 0.2) is 24.3 Å². The lowest BCUT2D eigenvalue weighted by Gasteiger charge is -2.04. The molecule has 0 amide bonds. The lowest BCUT2D eigenvalue weighted by atomic mass is 10.1. The zero-order valence-electron chi connectivity index (χ0n) is 11.3. The summed E-state index contributed by atoms with van der Waals surface area (Å²) in [5, 5.41) is 21.4. The molecular weight excluding hydrogens is 278 g/mol. The van der Waals surface area contributed by atoms with Crippen molar-refractivity contribution < 1.29 is 14.5 Å². The molecule has 0 aliphatic carbocycles. The van der Waals surface area contributed by atoms with Gasteiger partial charge in [0.25, 0.3) is 11.5 Å². The molecule has 0 saturated heterocycles. The van der Waals surface area contributed by atoms with Crippen molar-refractivity contribution in [3.05, 3.63) is 45.8 Å². The van der Waals surface area contributed by atoms with Gasteiger partial charge in [0, 0.05) is 18.7 Å². The molecule has 0 fully saturated rings. The molecule has 0 saturated carbocycles. The highest BCUT2D eigenvalue weighted by atomic mass is 16.6. The Hall–Kier alpha value is -2.84. The molecule has 9 heteroatoms. The van der Waals surface area contributed by atoms with E-state index in [1.807, 2.05) is 0 Å². The highest BCUT2D eigenvalue weighted by Gasteiger charge is 2.16. The van der Waals surface area contributed by atoms with E-state index in [1.54, 1.807) is 19.1 Å². The largest absolute Gasteiger partial charge is 0.460 e. The van der Waals surface area contributed by atoms with Gasteiger partial charge < -0.3 is 4.74 Å². The highest BCUT2D eigenvalue weighted by Crippen LogP contribution is 2.12. The zero-order chi connectivity index (χ0) is 15.2. The van der Waals surface area contributed by atoms with Gasteiger partial charge in [0.2, 0.25) is 0 Å². The van der Waals surface area contributed by atoms with E-state index in [1.165, 1.54) is 16.8 Å². The second-order valence-electron chi connectivity index (χ2n) is 4.12. The van der Waals surface area contributed by atoms with E-state index in [9.17, 15) is 14.9 Å². The summed E-state index contributed by atoms with van der Waals surface area (Å²) in [6.45, 7) is 2.32. The zero-order valence-corrected chi connectivity index (χ0v) is 11.3. The van der Waals surface area contributed by atoms with Crippen LogP contribution < -0.4 is 0 Å². The first-order valence-corrected chi connectivity index (χ1v) is 6.28. The van der Waals surface area contributed by atoms with Crippen molar-refractivity contribution in [1.29, 1.82) is 0 Å². The van der Waals surface area contributed by atoms with Crippen LogP contribution in [-0.4, -0.2) is 37.7 Å². The summed E-state index contributed by atoms with van der Waals surface area (Å²) in [6, 6.07) is 6.18. The van der Waals surface area contributed by atoms with Crippen LogP contribution >= 0.6 is 0 Å². The Balaban J connectivity index is 2.01. The maximum Gasteiger partial charge on any atom is 0.378 e. The van der Waals surface area contributed by atoms with E-state index in [2.05, 4.69) is 15.5 Å². The molecule has 110 valence electrons. The van der Waals surface area contributed by atoms with Crippen LogP contribution in [0.4, 0.5) is 5.69 Å². The average molecular weight is 291 g/mol. The standard InChI is InChI=1S/C12H13N5O4/c1-2-21-12(18)11-13-14-15-16(11)8-7-9-3-5-10(6-4-9)17(19)20/h3-6H,2,7-8H2,1H3. The SMILES string of the molecule is CCOC(=O)c1nnnn1CCc1ccc([N+](=O)[O-])cc1. The van der Waals surface area contributed by atoms with Gasteiger partial charge in [0.05, 0.1) is 11.5 Å². The molecule has 1 aromatic heterocycles. The fourth-order valence-electron chi connectivity index (χ4n) is 1.72. The van der Waals surface area contributed by atoms with Crippen molar-refractivity contribution in [3.8, 4) is 0 Å². The van der Waals surface area contributed by atoms with E-state index in [4.69, 9.17) is 4.74 Å². The third kappa shape index (κ3) is 3.59. The summed E-state index contributed by atoms with van der Waals surface area (Å²) in [5.41, 5.74) is 0.916. The Morgan fingerprint density at radius 2 is 2.10 bits per heavy atom. The van der Waals surface area contributed by atoms with Gasteiger partial charge in [-0.1, -0.05) is 12.1 Å². The number of nitro groups is 1. The lowest BCUT2D eigenvalue weighted by molar-refractivity contribution is -0.384. The second kappa shape index (κ2) is 6.55. The van der Waals surface area contributed by atoms with Crippen molar-refractivity contribution in [1.82, 2.24) is 20.2 Å². The van der Waals surface area contributed by atoms with E-state index in [0.717, 1.165) is 5.56 Å². The lowest BCUT2D eigenvalue weighted by Crippen LogP contribution is -2.15. The predicted molar refractivity (Wildman–Crippen MR) is 70.6 cm³/mol. The maximum absolute atomic E-state index is 11.6. The molecule has 0 atom stereocenters. The molecule has 2 rings (SSSR count). The van der Waals surface area contributed by atoms with Crippen LogP contribution in [0.2, 0.25) is 0 Å². The number of aryl methyl sites for hydroxylation is 2. The molecule has 0 spiro atoms. The average Bonchev–Trinajstić information content (AvgIpc) is 2.94. The Labute approximate surface area is 119 Å². The maximum atomic E-state index is 11.6. The molecule has 2 aromatic rings. The molecule has 0 N–H and O–H groups in total. The Morgan fingerprint density at radius 3 is 2.71 bits per heavy atom. The molecule has 0 aliphatic heterocycles. The third-order valence-corrected chi connectivity index (χ3v) is 2.75. The fourth-order valence-corrected chi connectivity index (χ4v) is 1.72. The molecule has 0 unspecified atom stereocenters. The van der Waals surface area contributed by atoms with Crippen molar-refractivity contribution in [3.63, 3.8) is 0 Å². The Kier molecular flexibility index (Phi) is 4.54. The van der Waals surface area contributed by atoms with Crippen molar-refractivity contribution in [2.45, 2.75) is 19.9 Å². The minimum Gasteiger partial charge on any atom is -0.460 e. The number of tetrazole rings is 1. The monoisotopic (exact) mass is 291 g/mol. The fraction of sp³-hybridized carbons (Fsp3) is 0.333. The van der Waals surface area contributed by atoms with Crippen LogP contribution in [0.5, 0.6) is 0 Å². The Morgan fingerprint density at radius 1 is 1.38 bits per heavy atom. The van der Waals surface area contributed by atoms with E-state index in [0.29, 0.717) is 13.0 Å². The highest BCUT2D eigenvalue weighted by molar-refractivity contribution is 5.85. The molecule has 9 nitrogen and oxygen atoms in total. The van der Waals surface area contributed by atoms with Gasteiger partial charge in [-0.25, -0.2) is 9.48 Å². The second-order valence-corrected chi connectivity index (χ2v) is 4.12. The molecule has 0 radical (unpaired) electrons. The van der Waals surface area contributed by atoms with Crippen molar-refractivity contribution >= 4 is 11.7 Å².